The predicted molar refractivity (Wildman–Crippen MR) is 121 cm³/mol. The van der Waals surface area contributed by atoms with Crippen LogP contribution in [0.4, 0.5) is 23.7 Å². The minimum atomic E-state index is -4.46. The Hall–Kier alpha value is -3.56. The molecule has 0 spiro atoms. The van der Waals surface area contributed by atoms with Crippen LogP contribution in [0.2, 0.25) is 0 Å². The number of likely N-dealkylation sites (tertiary alicyclic amines) is 1. The molecular weight excluding hydrogens is 449 g/mol. The number of nitrogens with one attached hydrogen (secondary N) is 3. The lowest BCUT2D eigenvalue weighted by molar-refractivity contribution is -0.137. The van der Waals surface area contributed by atoms with Crippen molar-refractivity contribution in [3.8, 4) is 0 Å². The van der Waals surface area contributed by atoms with Crippen molar-refractivity contribution in [2.45, 2.75) is 45.6 Å². The van der Waals surface area contributed by atoms with Crippen molar-refractivity contribution >= 4 is 23.5 Å². The van der Waals surface area contributed by atoms with E-state index in [0.29, 0.717) is 11.3 Å². The zero-order chi connectivity index (χ0) is 24.9. The normalized spacial score (nSPS) is 16.0. The number of carbonyl (C=O) groups excluding carboxylic acids is 3. The third kappa shape index (κ3) is 6.97. The second-order valence-corrected chi connectivity index (χ2v) is 8.54. The molecule has 1 aliphatic rings. The number of urea groups is 1. The number of amides is 4. The van der Waals surface area contributed by atoms with Gasteiger partial charge in [0.15, 0.2) is 0 Å². The maximum Gasteiger partial charge on any atom is 0.416 e. The highest BCUT2D eigenvalue weighted by Crippen LogP contribution is 2.30. The molecule has 1 fully saturated rings. The molecule has 2 aromatic rings. The highest BCUT2D eigenvalue weighted by atomic mass is 19.4. The molecule has 3 N–H and O–H groups in total. The van der Waals surface area contributed by atoms with Gasteiger partial charge in [0.1, 0.15) is 0 Å². The predicted octanol–water partition coefficient (Wildman–Crippen LogP) is 3.90. The molecule has 1 heterocycles. The van der Waals surface area contributed by atoms with Gasteiger partial charge in [0.2, 0.25) is 11.8 Å². The van der Waals surface area contributed by atoms with Crippen LogP contribution in [0, 0.1) is 5.92 Å². The Labute approximate surface area is 195 Å². The lowest BCUT2D eigenvalue weighted by Gasteiger charge is -2.18. The summed E-state index contributed by atoms with van der Waals surface area (Å²) in [6.07, 6.45) is -4.44. The van der Waals surface area contributed by atoms with Crippen LogP contribution >= 0.6 is 0 Å². The first kappa shape index (κ1) is 25.1. The third-order valence-electron chi connectivity index (χ3n) is 5.31. The molecule has 1 atom stereocenters. The van der Waals surface area contributed by atoms with Crippen molar-refractivity contribution in [2.24, 2.45) is 5.92 Å². The average molecular weight is 476 g/mol. The van der Waals surface area contributed by atoms with Crippen LogP contribution in [-0.4, -0.2) is 35.3 Å². The van der Waals surface area contributed by atoms with E-state index in [1.54, 1.807) is 24.3 Å². The number of alkyl halides is 3. The average Bonchev–Trinajstić information content (AvgIpc) is 3.12. The molecule has 1 unspecified atom stereocenters. The number of benzene rings is 2. The third-order valence-corrected chi connectivity index (χ3v) is 5.31. The highest BCUT2D eigenvalue weighted by Gasteiger charge is 2.35. The van der Waals surface area contributed by atoms with Gasteiger partial charge < -0.3 is 20.9 Å². The van der Waals surface area contributed by atoms with E-state index in [2.05, 4.69) is 16.0 Å². The van der Waals surface area contributed by atoms with Crippen molar-refractivity contribution in [3.63, 3.8) is 0 Å². The summed E-state index contributed by atoms with van der Waals surface area (Å²) in [5, 5.41) is 8.22. The molecule has 4 amide bonds. The van der Waals surface area contributed by atoms with Crippen molar-refractivity contribution in [1.82, 2.24) is 15.5 Å². The SMILES string of the molecule is CC(C)NC(=O)Nc1ccc(CNC(=O)C2CC(=O)N(Cc3cccc(C(F)(F)F)c3)C2)cc1. The van der Waals surface area contributed by atoms with E-state index in [1.807, 2.05) is 13.8 Å². The lowest BCUT2D eigenvalue weighted by atomic mass is 10.1. The van der Waals surface area contributed by atoms with Crippen LogP contribution in [-0.2, 0) is 28.9 Å². The van der Waals surface area contributed by atoms with E-state index < -0.39 is 17.7 Å². The van der Waals surface area contributed by atoms with E-state index in [9.17, 15) is 27.6 Å². The minimum Gasteiger partial charge on any atom is -0.352 e. The molecular formula is C24H27F3N4O3. The first-order valence-electron chi connectivity index (χ1n) is 10.9. The van der Waals surface area contributed by atoms with Gasteiger partial charge in [-0.2, -0.15) is 13.2 Å². The molecule has 0 aliphatic carbocycles. The largest absolute Gasteiger partial charge is 0.416 e. The van der Waals surface area contributed by atoms with Crippen molar-refractivity contribution < 1.29 is 27.6 Å². The molecule has 7 nitrogen and oxygen atoms in total. The first-order valence-corrected chi connectivity index (χ1v) is 10.9. The van der Waals surface area contributed by atoms with Gasteiger partial charge in [-0.3, -0.25) is 9.59 Å². The van der Waals surface area contributed by atoms with Crippen molar-refractivity contribution in [2.75, 3.05) is 11.9 Å². The topological polar surface area (TPSA) is 90.5 Å². The van der Waals surface area contributed by atoms with Crippen molar-refractivity contribution in [1.29, 1.82) is 0 Å². The summed E-state index contributed by atoms with van der Waals surface area (Å²) in [5.41, 5.74) is 1.01. The maximum atomic E-state index is 12.9. The van der Waals surface area contributed by atoms with E-state index in [4.69, 9.17) is 0 Å². The molecule has 0 bridgehead atoms. The van der Waals surface area contributed by atoms with Crippen molar-refractivity contribution in [3.05, 3.63) is 65.2 Å². The van der Waals surface area contributed by atoms with Crippen LogP contribution in [0.5, 0.6) is 0 Å². The molecule has 0 radical (unpaired) electrons. The Morgan fingerprint density at radius 2 is 1.79 bits per heavy atom. The fourth-order valence-electron chi connectivity index (χ4n) is 3.64. The van der Waals surface area contributed by atoms with Crippen LogP contribution in [0.25, 0.3) is 0 Å². The molecule has 2 aromatic carbocycles. The summed E-state index contributed by atoms with van der Waals surface area (Å²) in [6.45, 7) is 4.12. The number of hydrogen-bond acceptors (Lipinski definition) is 3. The van der Waals surface area contributed by atoms with Gasteiger partial charge in [0.05, 0.1) is 11.5 Å². The number of halogens is 3. The van der Waals surface area contributed by atoms with Crippen LogP contribution < -0.4 is 16.0 Å². The zero-order valence-corrected chi connectivity index (χ0v) is 18.9. The van der Waals surface area contributed by atoms with Gasteiger partial charge in [-0.15, -0.1) is 0 Å². The van der Waals surface area contributed by atoms with Gasteiger partial charge in [0, 0.05) is 37.8 Å². The van der Waals surface area contributed by atoms with E-state index >= 15 is 0 Å². The first-order chi connectivity index (χ1) is 16.0. The van der Waals surface area contributed by atoms with E-state index in [-0.39, 0.29) is 49.9 Å². The summed E-state index contributed by atoms with van der Waals surface area (Å²) >= 11 is 0. The summed E-state index contributed by atoms with van der Waals surface area (Å²) in [4.78, 5) is 38.0. The number of rotatable bonds is 7. The highest BCUT2D eigenvalue weighted by molar-refractivity contribution is 5.90. The summed E-state index contributed by atoms with van der Waals surface area (Å²) in [6, 6.07) is 11.5. The number of hydrogen-bond donors (Lipinski definition) is 3. The smallest absolute Gasteiger partial charge is 0.352 e. The Bertz CT molecular complexity index is 1040. The molecule has 0 saturated carbocycles. The molecule has 182 valence electrons. The van der Waals surface area contributed by atoms with Gasteiger partial charge in [-0.25, -0.2) is 4.79 Å². The Morgan fingerprint density at radius 1 is 1.09 bits per heavy atom. The second-order valence-electron chi connectivity index (χ2n) is 8.54. The van der Waals surface area contributed by atoms with Crippen LogP contribution in [0.3, 0.4) is 0 Å². The monoisotopic (exact) mass is 476 g/mol. The molecule has 0 aromatic heterocycles. The van der Waals surface area contributed by atoms with Crippen LogP contribution in [0.15, 0.2) is 48.5 Å². The molecule has 1 aliphatic heterocycles. The van der Waals surface area contributed by atoms with E-state index in [1.165, 1.54) is 17.0 Å². The maximum absolute atomic E-state index is 12.9. The van der Waals surface area contributed by atoms with Gasteiger partial charge in [-0.1, -0.05) is 24.3 Å². The number of carbonyl (C=O) groups is 3. The lowest BCUT2D eigenvalue weighted by Crippen LogP contribution is -2.34. The van der Waals surface area contributed by atoms with Crippen LogP contribution in [0.1, 0.15) is 37.0 Å². The Morgan fingerprint density at radius 3 is 2.44 bits per heavy atom. The number of nitrogens with zero attached hydrogens (tertiary/aromatic N) is 1. The minimum absolute atomic E-state index is 0.0120. The van der Waals surface area contributed by atoms with Gasteiger partial charge >= 0.3 is 12.2 Å². The summed E-state index contributed by atoms with van der Waals surface area (Å²) in [5.74, 6) is -1.13. The second kappa shape index (κ2) is 10.6. The molecule has 34 heavy (non-hydrogen) atoms. The quantitative estimate of drug-likeness (QED) is 0.566. The fourth-order valence-corrected chi connectivity index (χ4v) is 3.64. The van der Waals surface area contributed by atoms with Gasteiger partial charge in [-0.05, 0) is 49.2 Å². The van der Waals surface area contributed by atoms with E-state index in [0.717, 1.165) is 17.7 Å². The molecule has 3 rings (SSSR count). The Kier molecular flexibility index (Phi) is 7.80. The zero-order valence-electron chi connectivity index (χ0n) is 18.9. The summed E-state index contributed by atoms with van der Waals surface area (Å²) < 4.78 is 38.8. The molecule has 1 saturated heterocycles. The van der Waals surface area contributed by atoms with Gasteiger partial charge in [0.25, 0.3) is 0 Å². The molecule has 10 heteroatoms. The Balaban J connectivity index is 1.50. The standard InChI is InChI=1S/C24H27F3N4O3/c1-15(2)29-23(34)30-20-8-6-16(7-9-20)12-28-22(33)18-11-21(32)31(14-18)13-17-4-3-5-19(10-17)24(25,26)27/h3-10,15,18H,11-14H2,1-2H3,(H,28,33)(H2,29,30,34). The summed E-state index contributed by atoms with van der Waals surface area (Å²) in [7, 11) is 0. The number of anilines is 1. The fraction of sp³-hybridized carbons (Fsp3) is 0.375.